The summed E-state index contributed by atoms with van der Waals surface area (Å²) in [6.07, 6.45) is 5.93. The molecule has 4 heteroatoms. The lowest BCUT2D eigenvalue weighted by atomic mass is 9.85. The molecule has 0 saturated carbocycles. The predicted molar refractivity (Wildman–Crippen MR) is 94.8 cm³/mol. The lowest BCUT2D eigenvalue weighted by Gasteiger charge is -2.23. The fraction of sp³-hybridized carbons (Fsp3) is 0.476. The Morgan fingerprint density at radius 2 is 2.20 bits per heavy atom. The molecular weight excluding hydrogens is 316 g/mol. The maximum atomic E-state index is 12.8. The molecule has 1 aromatic carbocycles. The van der Waals surface area contributed by atoms with Crippen LogP contribution in [0.25, 0.3) is 0 Å². The molecule has 4 rings (SSSR count). The van der Waals surface area contributed by atoms with Gasteiger partial charge < -0.3 is 14.6 Å². The number of epoxide rings is 1. The van der Waals surface area contributed by atoms with Gasteiger partial charge in [0.25, 0.3) is 0 Å². The van der Waals surface area contributed by atoms with Gasteiger partial charge >= 0.3 is 5.97 Å². The van der Waals surface area contributed by atoms with Crippen LogP contribution in [-0.4, -0.2) is 22.8 Å². The van der Waals surface area contributed by atoms with Crippen molar-refractivity contribution < 1.29 is 19.4 Å². The quantitative estimate of drug-likeness (QED) is 0.361. The molecule has 3 heterocycles. The molecule has 1 fully saturated rings. The minimum Gasteiger partial charge on any atom is -0.508 e. The third-order valence-electron chi connectivity index (χ3n) is 5.75. The maximum Gasteiger partial charge on any atom is 0.346 e. The van der Waals surface area contributed by atoms with Crippen molar-refractivity contribution in [1.29, 1.82) is 0 Å². The van der Waals surface area contributed by atoms with Crippen LogP contribution in [0.15, 0.2) is 35.9 Å². The van der Waals surface area contributed by atoms with Crippen molar-refractivity contribution in [3.8, 4) is 11.5 Å². The molecule has 0 radical (unpaired) electrons. The van der Waals surface area contributed by atoms with Crippen LogP contribution in [0.1, 0.15) is 56.6 Å². The van der Waals surface area contributed by atoms with Gasteiger partial charge in [-0.05, 0) is 51.7 Å². The third kappa shape index (κ3) is 2.69. The summed E-state index contributed by atoms with van der Waals surface area (Å²) >= 11 is 0. The van der Waals surface area contributed by atoms with Gasteiger partial charge in [-0.15, -0.1) is 0 Å². The Hall–Kier alpha value is -2.07. The predicted octanol–water partition coefficient (Wildman–Crippen LogP) is 4.17. The molecule has 1 aromatic rings. The fourth-order valence-corrected chi connectivity index (χ4v) is 4.21. The number of hydrogen-bond acceptors (Lipinski definition) is 4. The second-order valence-electron chi connectivity index (χ2n) is 7.64. The smallest absolute Gasteiger partial charge is 0.346 e. The Morgan fingerprint density at radius 1 is 1.40 bits per heavy atom. The number of hydrogen-bond donors (Lipinski definition) is 1. The van der Waals surface area contributed by atoms with Gasteiger partial charge in [0.2, 0.25) is 0 Å². The number of rotatable bonds is 1. The van der Waals surface area contributed by atoms with Crippen molar-refractivity contribution >= 4 is 5.97 Å². The number of aromatic hydroxyl groups is 1. The summed E-state index contributed by atoms with van der Waals surface area (Å²) in [7, 11) is 0. The highest BCUT2D eigenvalue weighted by molar-refractivity contribution is 5.87. The van der Waals surface area contributed by atoms with Gasteiger partial charge in [-0.25, -0.2) is 4.79 Å². The summed E-state index contributed by atoms with van der Waals surface area (Å²) in [5.41, 5.74) is 3.21. The van der Waals surface area contributed by atoms with E-state index in [1.807, 2.05) is 6.92 Å². The van der Waals surface area contributed by atoms with Crippen LogP contribution in [0.5, 0.6) is 11.5 Å². The molecule has 1 saturated heterocycles. The number of carbonyl (C=O) groups excluding carboxylic acids is 1. The van der Waals surface area contributed by atoms with Crippen LogP contribution < -0.4 is 4.74 Å². The average Bonchev–Trinajstić information content (AvgIpc) is 3.23. The van der Waals surface area contributed by atoms with E-state index >= 15 is 0 Å². The number of esters is 1. The molecule has 3 aliphatic rings. The number of phenols is 1. The first-order chi connectivity index (χ1) is 11.9. The summed E-state index contributed by atoms with van der Waals surface area (Å²) in [5, 5.41) is 10.2. The zero-order valence-corrected chi connectivity index (χ0v) is 14.8. The minimum atomic E-state index is -0.819. The molecule has 3 atom stereocenters. The van der Waals surface area contributed by atoms with Crippen LogP contribution in [-0.2, 0) is 16.0 Å². The molecule has 4 nitrogen and oxygen atoms in total. The normalized spacial score (nSPS) is 33.0. The third-order valence-corrected chi connectivity index (χ3v) is 5.75. The number of benzene rings is 1. The summed E-state index contributed by atoms with van der Waals surface area (Å²) in [6.45, 7) is 8.27. The second kappa shape index (κ2) is 5.73. The number of phenolic OH excluding ortho intramolecular Hbond substituents is 1. The highest BCUT2D eigenvalue weighted by atomic mass is 16.7. The average molecular weight is 340 g/mol. The lowest BCUT2D eigenvalue weighted by Crippen LogP contribution is -2.31. The van der Waals surface area contributed by atoms with Gasteiger partial charge in [-0.1, -0.05) is 23.8 Å². The van der Waals surface area contributed by atoms with Crippen LogP contribution >= 0.6 is 0 Å². The Kier molecular flexibility index (Phi) is 3.76. The molecule has 0 aliphatic carbocycles. The number of ether oxygens (including phenoxy) is 2. The zero-order chi connectivity index (χ0) is 17.8. The molecule has 3 aliphatic heterocycles. The summed E-state index contributed by atoms with van der Waals surface area (Å²) in [4.78, 5) is 12.8. The summed E-state index contributed by atoms with van der Waals surface area (Å²) in [6, 6.07) is 3.42. The van der Waals surface area contributed by atoms with E-state index in [9.17, 15) is 9.90 Å². The Balaban J connectivity index is 1.88. The summed E-state index contributed by atoms with van der Waals surface area (Å²) in [5.74, 6) is 0.553. The topological polar surface area (TPSA) is 59.1 Å². The largest absolute Gasteiger partial charge is 0.508 e. The van der Waals surface area contributed by atoms with Crippen LogP contribution in [0.4, 0.5) is 0 Å². The van der Waals surface area contributed by atoms with Gasteiger partial charge in [-0.2, -0.15) is 0 Å². The van der Waals surface area contributed by atoms with E-state index in [0.29, 0.717) is 18.6 Å². The van der Waals surface area contributed by atoms with Crippen molar-refractivity contribution in [2.24, 2.45) is 0 Å². The van der Waals surface area contributed by atoms with E-state index in [2.05, 4.69) is 19.6 Å². The second-order valence-corrected chi connectivity index (χ2v) is 7.64. The first kappa shape index (κ1) is 16.4. The lowest BCUT2D eigenvalue weighted by molar-refractivity contribution is -0.140. The van der Waals surface area contributed by atoms with E-state index in [0.717, 1.165) is 36.0 Å². The molecule has 1 N–H and O–H groups in total. The van der Waals surface area contributed by atoms with Crippen molar-refractivity contribution in [3.63, 3.8) is 0 Å². The molecule has 25 heavy (non-hydrogen) atoms. The van der Waals surface area contributed by atoms with E-state index in [1.165, 1.54) is 5.57 Å². The van der Waals surface area contributed by atoms with E-state index in [4.69, 9.17) is 9.47 Å². The molecule has 1 spiro atoms. The van der Waals surface area contributed by atoms with E-state index < -0.39 is 5.60 Å². The van der Waals surface area contributed by atoms with Gasteiger partial charge in [0.1, 0.15) is 17.6 Å². The highest BCUT2D eigenvalue weighted by Gasteiger charge is 2.64. The fourth-order valence-electron chi connectivity index (χ4n) is 4.21. The zero-order valence-electron chi connectivity index (χ0n) is 14.8. The molecule has 0 unspecified atom stereocenters. The number of carbonyl (C=O) groups is 1. The molecule has 0 amide bonds. The van der Waals surface area contributed by atoms with E-state index in [-0.39, 0.29) is 23.7 Å². The van der Waals surface area contributed by atoms with Crippen molar-refractivity contribution in [2.45, 2.75) is 63.6 Å². The van der Waals surface area contributed by atoms with E-state index in [1.54, 1.807) is 12.1 Å². The molecular formula is C21H24O4. The minimum absolute atomic E-state index is 0.0442. The number of allylic oxidation sites excluding steroid dienone is 3. The van der Waals surface area contributed by atoms with Crippen molar-refractivity contribution in [1.82, 2.24) is 0 Å². The van der Waals surface area contributed by atoms with Gasteiger partial charge in [-0.3, -0.25) is 0 Å². The van der Waals surface area contributed by atoms with Crippen LogP contribution in [0.2, 0.25) is 0 Å². The Bertz CT molecular complexity index is 791. The molecule has 132 valence electrons. The van der Waals surface area contributed by atoms with Gasteiger partial charge in [0.05, 0.1) is 0 Å². The standard InChI is InChI=1S/C21H24O4/c1-12(2)16-7-6-13(3)5-4-8-21-18(25-21)10-14-9-15(22)11-17(16)19(14)24-20(21)23/h5,9,11,16,18,22H,1,4,6-8,10H2,2-3H3/b13-5-/t16-,18-,21-/m0/s1. The van der Waals surface area contributed by atoms with Crippen molar-refractivity contribution in [2.75, 3.05) is 0 Å². The van der Waals surface area contributed by atoms with Crippen LogP contribution in [0, 0.1) is 0 Å². The van der Waals surface area contributed by atoms with Crippen molar-refractivity contribution in [3.05, 3.63) is 47.1 Å². The first-order valence-electron chi connectivity index (χ1n) is 8.97. The monoisotopic (exact) mass is 340 g/mol. The SMILES string of the molecule is C=C(C)[C@@H]1CC/C(C)=C\CC[C@]23O[C@H]2Cc2cc(O)cc1c2OC3=O. The highest BCUT2D eigenvalue weighted by Crippen LogP contribution is 2.50. The van der Waals surface area contributed by atoms with Crippen LogP contribution in [0.3, 0.4) is 0 Å². The summed E-state index contributed by atoms with van der Waals surface area (Å²) < 4.78 is 11.6. The van der Waals surface area contributed by atoms with Gasteiger partial charge in [0.15, 0.2) is 5.60 Å². The molecule has 0 aromatic heterocycles. The molecule has 2 bridgehead atoms. The van der Waals surface area contributed by atoms with Gasteiger partial charge in [0, 0.05) is 23.5 Å². The maximum absolute atomic E-state index is 12.8. The number of fused-ring (bicyclic) bond motifs is 1. The Labute approximate surface area is 148 Å². The Morgan fingerprint density at radius 3 is 2.96 bits per heavy atom. The first-order valence-corrected chi connectivity index (χ1v) is 8.97.